The Morgan fingerprint density at radius 1 is 1.03 bits per heavy atom. The van der Waals surface area contributed by atoms with Crippen LogP contribution in [0.4, 0.5) is 4.79 Å². The first-order valence-electron chi connectivity index (χ1n) is 10.2. The predicted molar refractivity (Wildman–Crippen MR) is 116 cm³/mol. The summed E-state index contributed by atoms with van der Waals surface area (Å²) in [7, 11) is 0. The lowest BCUT2D eigenvalue weighted by molar-refractivity contribution is 0.0777. The fourth-order valence-corrected chi connectivity index (χ4v) is 5.79. The van der Waals surface area contributed by atoms with Gasteiger partial charge in [0.2, 0.25) is 0 Å². The molecule has 0 saturated carbocycles. The number of aliphatic hydroxyl groups is 1. The molecule has 2 aromatic carbocycles. The summed E-state index contributed by atoms with van der Waals surface area (Å²) in [6, 6.07) is 17.2. The van der Waals surface area contributed by atoms with Crippen LogP contribution in [0.3, 0.4) is 0 Å². The van der Waals surface area contributed by atoms with Crippen molar-refractivity contribution < 1.29 is 14.7 Å². The third-order valence-electron chi connectivity index (χ3n) is 5.71. The van der Waals surface area contributed by atoms with Crippen LogP contribution in [0.5, 0.6) is 0 Å². The van der Waals surface area contributed by atoms with Crippen molar-refractivity contribution in [1.29, 1.82) is 0 Å². The van der Waals surface area contributed by atoms with E-state index < -0.39 is 0 Å². The number of nitrogens with one attached hydrogen (secondary N) is 1. The molecule has 0 aliphatic carbocycles. The van der Waals surface area contributed by atoms with Crippen LogP contribution < -0.4 is 5.32 Å². The summed E-state index contributed by atoms with van der Waals surface area (Å²) in [6.07, 6.45) is 3.74. The van der Waals surface area contributed by atoms with E-state index in [1.807, 2.05) is 66.4 Å². The van der Waals surface area contributed by atoms with Gasteiger partial charge in [-0.05, 0) is 36.1 Å². The molecule has 6 heteroatoms. The number of aliphatic hydroxyl groups excluding tert-OH is 1. The summed E-state index contributed by atoms with van der Waals surface area (Å²) < 4.78 is 0. The van der Waals surface area contributed by atoms with E-state index in [1.54, 1.807) is 0 Å². The van der Waals surface area contributed by atoms with Gasteiger partial charge in [-0.25, -0.2) is 4.79 Å². The highest BCUT2D eigenvalue weighted by atomic mass is 32.2. The molecule has 0 spiro atoms. The van der Waals surface area contributed by atoms with Crippen LogP contribution >= 0.6 is 11.8 Å². The summed E-state index contributed by atoms with van der Waals surface area (Å²) >= 11 is 1.84. The van der Waals surface area contributed by atoms with Gasteiger partial charge in [0.05, 0.1) is 12.1 Å². The Morgan fingerprint density at radius 2 is 1.76 bits per heavy atom. The second-order valence-electron chi connectivity index (χ2n) is 7.61. The van der Waals surface area contributed by atoms with E-state index in [-0.39, 0.29) is 35.9 Å². The lowest BCUT2D eigenvalue weighted by atomic mass is 10.00. The molecule has 2 aromatic rings. The molecule has 2 heterocycles. The summed E-state index contributed by atoms with van der Waals surface area (Å²) in [5.74, 6) is 0.620. The summed E-state index contributed by atoms with van der Waals surface area (Å²) in [6.45, 7) is 0.216. The normalized spacial score (nSPS) is 23.1. The van der Waals surface area contributed by atoms with Crippen molar-refractivity contribution in [2.24, 2.45) is 0 Å². The van der Waals surface area contributed by atoms with Gasteiger partial charge >= 0.3 is 6.03 Å². The van der Waals surface area contributed by atoms with Crippen molar-refractivity contribution >= 4 is 23.7 Å². The van der Waals surface area contributed by atoms with E-state index in [2.05, 4.69) is 5.32 Å². The Labute approximate surface area is 175 Å². The topological polar surface area (TPSA) is 69.6 Å². The number of imide groups is 1. The SMILES string of the molecule is O=C1N[C@@H]2CS[C@H](CCCCCO)[C@H]2N1C(=O)c1ccc(-c2ccccc2)cc1. The van der Waals surface area contributed by atoms with E-state index in [9.17, 15) is 9.59 Å². The molecule has 4 rings (SSSR count). The Balaban J connectivity index is 1.48. The van der Waals surface area contributed by atoms with Gasteiger partial charge < -0.3 is 10.4 Å². The molecule has 2 aliphatic rings. The lowest BCUT2D eigenvalue weighted by Gasteiger charge is -2.26. The second kappa shape index (κ2) is 9.01. The summed E-state index contributed by atoms with van der Waals surface area (Å²) in [4.78, 5) is 27.2. The number of thioether (sulfide) groups is 1. The Bertz CT molecular complexity index is 856. The number of rotatable bonds is 7. The van der Waals surface area contributed by atoms with Crippen LogP contribution in [-0.4, -0.2) is 51.6 Å². The van der Waals surface area contributed by atoms with E-state index >= 15 is 0 Å². The van der Waals surface area contributed by atoms with E-state index in [4.69, 9.17) is 5.11 Å². The highest BCUT2D eigenvalue weighted by Gasteiger charge is 2.50. The molecule has 0 aromatic heterocycles. The van der Waals surface area contributed by atoms with Crippen LogP contribution in [0.1, 0.15) is 36.0 Å². The molecule has 2 aliphatic heterocycles. The Kier molecular flexibility index (Phi) is 6.21. The van der Waals surface area contributed by atoms with Crippen molar-refractivity contribution in [2.45, 2.75) is 43.0 Å². The van der Waals surface area contributed by atoms with Crippen molar-refractivity contribution in [3.05, 3.63) is 60.2 Å². The Morgan fingerprint density at radius 3 is 2.48 bits per heavy atom. The number of hydrogen-bond donors (Lipinski definition) is 2. The number of carbonyl (C=O) groups is 2. The van der Waals surface area contributed by atoms with Crippen LogP contribution in [0.2, 0.25) is 0 Å². The molecule has 2 saturated heterocycles. The zero-order valence-electron chi connectivity index (χ0n) is 16.3. The maximum absolute atomic E-state index is 13.2. The molecule has 3 amide bonds. The quantitative estimate of drug-likeness (QED) is 0.536. The molecule has 2 fully saturated rings. The largest absolute Gasteiger partial charge is 0.396 e. The highest BCUT2D eigenvalue weighted by Crippen LogP contribution is 2.38. The zero-order chi connectivity index (χ0) is 20.2. The van der Waals surface area contributed by atoms with Crippen LogP contribution in [0.15, 0.2) is 54.6 Å². The van der Waals surface area contributed by atoms with Gasteiger partial charge in [-0.3, -0.25) is 9.69 Å². The van der Waals surface area contributed by atoms with Crippen molar-refractivity contribution in [2.75, 3.05) is 12.4 Å². The molecule has 0 bridgehead atoms. The number of unbranched alkanes of at least 4 members (excludes halogenated alkanes) is 2. The average Bonchev–Trinajstić information content (AvgIpc) is 3.29. The van der Waals surface area contributed by atoms with Gasteiger partial charge in [0.15, 0.2) is 0 Å². The first-order chi connectivity index (χ1) is 14.2. The van der Waals surface area contributed by atoms with Crippen molar-refractivity contribution in [3.63, 3.8) is 0 Å². The minimum atomic E-state index is -0.280. The van der Waals surface area contributed by atoms with E-state index in [1.165, 1.54) is 4.90 Å². The van der Waals surface area contributed by atoms with Gasteiger partial charge in [-0.2, -0.15) is 11.8 Å². The monoisotopic (exact) mass is 410 g/mol. The molecule has 0 radical (unpaired) electrons. The molecular weight excluding hydrogens is 384 g/mol. The first-order valence-corrected chi connectivity index (χ1v) is 11.3. The first kappa shape index (κ1) is 20.0. The van der Waals surface area contributed by atoms with Crippen LogP contribution in [-0.2, 0) is 0 Å². The highest BCUT2D eigenvalue weighted by molar-refractivity contribution is 8.00. The molecule has 2 N–H and O–H groups in total. The van der Waals surface area contributed by atoms with Gasteiger partial charge in [0, 0.05) is 23.2 Å². The lowest BCUT2D eigenvalue weighted by Crippen LogP contribution is -2.44. The number of benzene rings is 2. The van der Waals surface area contributed by atoms with Gasteiger partial charge in [0.1, 0.15) is 0 Å². The van der Waals surface area contributed by atoms with Crippen LogP contribution in [0.25, 0.3) is 11.1 Å². The van der Waals surface area contributed by atoms with Gasteiger partial charge in [-0.15, -0.1) is 0 Å². The maximum Gasteiger partial charge on any atom is 0.325 e. The number of fused-ring (bicyclic) bond motifs is 1. The van der Waals surface area contributed by atoms with Crippen LogP contribution in [0, 0.1) is 0 Å². The smallest absolute Gasteiger partial charge is 0.325 e. The number of urea groups is 1. The standard InChI is InChI=1S/C23H26N2O3S/c26-14-6-2-5-9-20-21-19(15-29-20)24-23(28)25(21)22(27)18-12-10-17(11-13-18)16-7-3-1-4-8-16/h1,3-4,7-8,10-13,19-21,26H,2,5-6,9,14-15H2,(H,24,28)/t19-,20-,21+/m1/s1. The fraction of sp³-hybridized carbons (Fsp3) is 0.391. The molecule has 29 heavy (non-hydrogen) atoms. The molecule has 5 nitrogen and oxygen atoms in total. The third kappa shape index (κ3) is 4.19. The Hall–Kier alpha value is -2.31. The predicted octanol–water partition coefficient (Wildman–Crippen LogP) is 3.92. The third-order valence-corrected chi connectivity index (χ3v) is 7.21. The molecule has 152 valence electrons. The summed E-state index contributed by atoms with van der Waals surface area (Å²) in [5.41, 5.74) is 2.68. The number of carbonyl (C=O) groups excluding carboxylic acids is 2. The van der Waals surface area contributed by atoms with Crippen molar-refractivity contribution in [3.8, 4) is 11.1 Å². The number of hydrogen-bond acceptors (Lipinski definition) is 4. The zero-order valence-corrected chi connectivity index (χ0v) is 17.1. The molecular formula is C23H26N2O3S. The fourth-order valence-electron chi connectivity index (χ4n) is 4.21. The minimum Gasteiger partial charge on any atom is -0.396 e. The molecule has 3 atom stereocenters. The number of nitrogens with zero attached hydrogens (tertiary/aromatic N) is 1. The van der Waals surface area contributed by atoms with Gasteiger partial charge in [0.25, 0.3) is 5.91 Å². The van der Waals surface area contributed by atoms with Crippen molar-refractivity contribution in [1.82, 2.24) is 10.2 Å². The minimum absolute atomic E-state index is 0.0304. The summed E-state index contributed by atoms with van der Waals surface area (Å²) in [5, 5.41) is 12.2. The van der Waals surface area contributed by atoms with Gasteiger partial charge in [-0.1, -0.05) is 55.3 Å². The maximum atomic E-state index is 13.2. The molecule has 0 unspecified atom stereocenters. The second-order valence-corrected chi connectivity index (χ2v) is 8.88. The average molecular weight is 411 g/mol. The number of amides is 3. The van der Waals surface area contributed by atoms with E-state index in [0.717, 1.165) is 42.6 Å². The van der Waals surface area contributed by atoms with E-state index in [0.29, 0.717) is 5.56 Å².